The monoisotopic (exact) mass is 387 g/mol. The number of rotatable bonds is 2. The summed E-state index contributed by atoms with van der Waals surface area (Å²) >= 11 is 19.1. The minimum absolute atomic E-state index is 0.218. The zero-order valence-electron chi connectivity index (χ0n) is 11.7. The Morgan fingerprint density at radius 2 is 1.83 bits per heavy atom. The Morgan fingerprint density at radius 1 is 1.09 bits per heavy atom. The van der Waals surface area contributed by atoms with Crippen LogP contribution in [0.3, 0.4) is 0 Å². The summed E-state index contributed by atoms with van der Waals surface area (Å²) in [6.07, 6.45) is 0. The van der Waals surface area contributed by atoms with E-state index in [1.54, 1.807) is 19.1 Å². The van der Waals surface area contributed by atoms with Crippen LogP contribution >= 0.6 is 46.6 Å². The van der Waals surface area contributed by atoms with Gasteiger partial charge in [0.05, 0.1) is 25.7 Å². The summed E-state index contributed by atoms with van der Waals surface area (Å²) < 4.78 is 13.5. The molecule has 23 heavy (non-hydrogen) atoms. The Balaban J connectivity index is 2.00. The summed E-state index contributed by atoms with van der Waals surface area (Å²) in [5, 5.41) is 4.02. The van der Waals surface area contributed by atoms with Gasteiger partial charge in [-0.3, -0.25) is 4.79 Å². The summed E-state index contributed by atoms with van der Waals surface area (Å²) in [7, 11) is 0. The molecule has 0 atom stereocenters. The second-order valence-electron chi connectivity index (χ2n) is 4.90. The van der Waals surface area contributed by atoms with Crippen LogP contribution in [0.5, 0.6) is 0 Å². The third-order valence-corrected chi connectivity index (χ3v) is 5.55. The molecule has 3 rings (SSSR count). The van der Waals surface area contributed by atoms with E-state index in [-0.39, 0.29) is 10.8 Å². The molecule has 2 nitrogen and oxygen atoms in total. The molecule has 1 aliphatic rings. The van der Waals surface area contributed by atoms with Crippen molar-refractivity contribution in [2.24, 2.45) is 0 Å². The lowest BCUT2D eigenvalue weighted by Crippen LogP contribution is -2.12. The molecule has 0 fully saturated rings. The highest BCUT2D eigenvalue weighted by atomic mass is 35.5. The highest BCUT2D eigenvalue weighted by Crippen LogP contribution is 2.44. The summed E-state index contributed by atoms with van der Waals surface area (Å²) in [5.41, 5.74) is 1.65. The van der Waals surface area contributed by atoms with Gasteiger partial charge < -0.3 is 5.32 Å². The van der Waals surface area contributed by atoms with E-state index in [0.29, 0.717) is 36.8 Å². The first-order valence-corrected chi connectivity index (χ1v) is 8.46. The Labute approximate surface area is 151 Å². The van der Waals surface area contributed by atoms with Crippen LogP contribution in [0.2, 0.25) is 15.1 Å². The molecule has 0 aromatic heterocycles. The molecule has 0 saturated heterocycles. The van der Waals surface area contributed by atoms with Gasteiger partial charge in [-0.25, -0.2) is 4.39 Å². The molecule has 1 heterocycles. The first-order chi connectivity index (χ1) is 10.9. The molecular weight excluding hydrogens is 380 g/mol. The van der Waals surface area contributed by atoms with E-state index in [1.807, 2.05) is 0 Å². The lowest BCUT2D eigenvalue weighted by Gasteiger charge is -2.22. The number of allylic oxidation sites excluding steroid dienone is 2. The van der Waals surface area contributed by atoms with Crippen LogP contribution in [0.25, 0.3) is 0 Å². The van der Waals surface area contributed by atoms with Crippen LogP contribution in [0.4, 0.5) is 10.1 Å². The Hall–Kier alpha value is -1.20. The molecule has 118 valence electrons. The van der Waals surface area contributed by atoms with Crippen molar-refractivity contribution >= 4 is 58.0 Å². The van der Waals surface area contributed by atoms with Crippen molar-refractivity contribution in [3.63, 3.8) is 0 Å². The fourth-order valence-corrected chi connectivity index (χ4v) is 3.84. The minimum Gasteiger partial charge on any atom is -0.356 e. The number of benzene rings is 2. The van der Waals surface area contributed by atoms with Crippen LogP contribution in [0.1, 0.15) is 17.3 Å². The van der Waals surface area contributed by atoms with Gasteiger partial charge in [-0.2, -0.15) is 0 Å². The number of hydrogen-bond acceptors (Lipinski definition) is 3. The first-order valence-electron chi connectivity index (χ1n) is 6.51. The molecule has 0 bridgehead atoms. The molecule has 1 N–H and O–H groups in total. The molecule has 0 amide bonds. The molecule has 0 radical (unpaired) electrons. The molecule has 0 spiro atoms. The van der Waals surface area contributed by atoms with Gasteiger partial charge in [0.25, 0.3) is 0 Å². The van der Waals surface area contributed by atoms with Gasteiger partial charge >= 0.3 is 0 Å². The molecule has 0 aliphatic carbocycles. The van der Waals surface area contributed by atoms with Crippen LogP contribution in [0.15, 0.2) is 45.8 Å². The summed E-state index contributed by atoms with van der Waals surface area (Å²) in [4.78, 5) is 13.7. The number of carbonyl (C=O) groups is 1. The average molecular weight is 389 g/mol. The van der Waals surface area contributed by atoms with Gasteiger partial charge in [-0.05, 0) is 37.3 Å². The number of halogens is 4. The van der Waals surface area contributed by atoms with Crippen molar-refractivity contribution in [3.8, 4) is 0 Å². The van der Waals surface area contributed by atoms with Crippen LogP contribution in [-0.4, -0.2) is 5.78 Å². The highest BCUT2D eigenvalue weighted by Gasteiger charge is 2.25. The predicted octanol–water partition coefficient (Wildman–Crippen LogP) is 6.42. The van der Waals surface area contributed by atoms with E-state index in [2.05, 4.69) is 5.32 Å². The number of hydrogen-bond donors (Lipinski definition) is 1. The van der Waals surface area contributed by atoms with Crippen LogP contribution in [-0.2, 0) is 0 Å². The zero-order chi connectivity index (χ0) is 16.7. The zero-order valence-corrected chi connectivity index (χ0v) is 14.8. The van der Waals surface area contributed by atoms with Crippen molar-refractivity contribution in [1.82, 2.24) is 0 Å². The highest BCUT2D eigenvalue weighted by molar-refractivity contribution is 8.04. The average Bonchev–Trinajstić information content (AvgIpc) is 2.49. The van der Waals surface area contributed by atoms with Crippen LogP contribution in [0, 0.1) is 5.82 Å². The largest absolute Gasteiger partial charge is 0.356 e. The summed E-state index contributed by atoms with van der Waals surface area (Å²) in [6, 6.07) is 7.26. The standard InChI is InChI=1S/C16H9Cl3FNOS/c1-7-16(15(22)8-2-3-10(17)11(18)4-8)23-13-6-9(20)5-12(19)14(13)21-7/h2-6,21H,1H3. The number of nitrogens with one attached hydrogen (secondary N) is 1. The third-order valence-electron chi connectivity index (χ3n) is 3.27. The number of Topliss-reactive ketones (excluding diaryl/α,β-unsaturated/α-hetero) is 1. The fourth-order valence-electron chi connectivity index (χ4n) is 2.17. The van der Waals surface area contributed by atoms with Crippen molar-refractivity contribution in [2.75, 3.05) is 5.32 Å². The topological polar surface area (TPSA) is 29.1 Å². The van der Waals surface area contributed by atoms with Gasteiger partial charge in [0.15, 0.2) is 0 Å². The van der Waals surface area contributed by atoms with E-state index < -0.39 is 5.82 Å². The number of carbonyl (C=O) groups excluding carboxylic acids is 1. The Morgan fingerprint density at radius 3 is 2.52 bits per heavy atom. The van der Waals surface area contributed by atoms with Crippen molar-refractivity contribution in [3.05, 3.63) is 67.4 Å². The minimum atomic E-state index is -0.455. The van der Waals surface area contributed by atoms with Crippen molar-refractivity contribution < 1.29 is 9.18 Å². The molecule has 0 saturated carbocycles. The predicted molar refractivity (Wildman–Crippen MR) is 94.4 cm³/mol. The third kappa shape index (κ3) is 3.22. The summed E-state index contributed by atoms with van der Waals surface area (Å²) in [5.74, 6) is -0.673. The second-order valence-corrected chi connectivity index (χ2v) is 7.17. The second kappa shape index (κ2) is 6.36. The Kier molecular flexibility index (Phi) is 4.61. The molecule has 7 heteroatoms. The number of ketones is 1. The van der Waals surface area contributed by atoms with Gasteiger partial charge in [0.2, 0.25) is 5.78 Å². The SMILES string of the molecule is CC1=C(C(=O)c2ccc(Cl)c(Cl)c2)Sc2cc(F)cc(Cl)c2N1. The lowest BCUT2D eigenvalue weighted by molar-refractivity contribution is 0.104. The maximum atomic E-state index is 13.5. The van der Waals surface area contributed by atoms with E-state index in [9.17, 15) is 9.18 Å². The van der Waals surface area contributed by atoms with Crippen molar-refractivity contribution in [1.29, 1.82) is 0 Å². The van der Waals surface area contributed by atoms with Gasteiger partial charge in [0.1, 0.15) is 5.82 Å². The summed E-state index contributed by atoms with van der Waals surface area (Å²) in [6.45, 7) is 1.76. The van der Waals surface area contributed by atoms with E-state index in [0.717, 1.165) is 0 Å². The maximum Gasteiger partial charge on any atom is 0.201 e. The van der Waals surface area contributed by atoms with Crippen molar-refractivity contribution in [2.45, 2.75) is 11.8 Å². The van der Waals surface area contributed by atoms with E-state index >= 15 is 0 Å². The van der Waals surface area contributed by atoms with E-state index in [4.69, 9.17) is 34.8 Å². The molecule has 1 aliphatic heterocycles. The van der Waals surface area contributed by atoms with Gasteiger partial charge in [-0.1, -0.05) is 46.6 Å². The van der Waals surface area contributed by atoms with Gasteiger partial charge in [0, 0.05) is 16.2 Å². The molecule has 0 unspecified atom stereocenters. The number of fused-ring (bicyclic) bond motifs is 1. The number of anilines is 1. The number of thioether (sulfide) groups is 1. The Bertz CT molecular complexity index is 867. The molecule has 2 aromatic rings. The first kappa shape index (κ1) is 16.7. The van der Waals surface area contributed by atoms with Gasteiger partial charge in [-0.15, -0.1) is 0 Å². The molecular formula is C16H9Cl3FNOS. The van der Waals surface area contributed by atoms with E-state index in [1.165, 1.54) is 30.0 Å². The quantitative estimate of drug-likeness (QED) is 0.602. The van der Waals surface area contributed by atoms with Crippen LogP contribution < -0.4 is 5.32 Å². The smallest absolute Gasteiger partial charge is 0.201 e. The molecule has 2 aromatic carbocycles. The lowest BCUT2D eigenvalue weighted by atomic mass is 10.1. The normalized spacial score (nSPS) is 13.6. The fraction of sp³-hybridized carbons (Fsp3) is 0.0625. The maximum absolute atomic E-state index is 13.5.